The second-order valence-corrected chi connectivity index (χ2v) is 3.76. The van der Waals surface area contributed by atoms with Gasteiger partial charge in [0.25, 0.3) is 0 Å². The van der Waals surface area contributed by atoms with Gasteiger partial charge in [-0.25, -0.2) is 9.18 Å². The Morgan fingerprint density at radius 3 is 2.47 bits per heavy atom. The fraction of sp³-hybridized carbons (Fsp3) is 0.222. The highest BCUT2D eigenvalue weighted by Crippen LogP contribution is 2.22. The summed E-state index contributed by atoms with van der Waals surface area (Å²) in [6.07, 6.45) is -3.62. The summed E-state index contributed by atoms with van der Waals surface area (Å²) in [5, 5.41) is 26.8. The van der Waals surface area contributed by atoms with Gasteiger partial charge in [0.1, 0.15) is 11.9 Å². The second-order valence-electron chi connectivity index (χ2n) is 2.90. The molecule has 0 bridgehead atoms. The normalized spacial score (nSPS) is 14.7. The van der Waals surface area contributed by atoms with E-state index in [1.807, 2.05) is 0 Å². The minimum atomic E-state index is -1.97. The first-order valence-electron chi connectivity index (χ1n) is 3.97. The van der Waals surface area contributed by atoms with Crippen LogP contribution in [-0.4, -0.2) is 27.4 Å². The molecule has 6 heteroatoms. The van der Waals surface area contributed by atoms with Crippen LogP contribution in [0.5, 0.6) is 0 Å². The minimum Gasteiger partial charge on any atom is -0.479 e. The minimum absolute atomic E-state index is 0.00519. The van der Waals surface area contributed by atoms with Crippen LogP contribution >= 0.6 is 15.9 Å². The largest absolute Gasteiger partial charge is 0.479 e. The van der Waals surface area contributed by atoms with E-state index < -0.39 is 24.0 Å². The highest BCUT2D eigenvalue weighted by molar-refractivity contribution is 9.10. The third-order valence-corrected chi connectivity index (χ3v) is 2.48. The summed E-state index contributed by atoms with van der Waals surface area (Å²) < 4.78 is 13.2. The number of benzene rings is 1. The summed E-state index contributed by atoms with van der Waals surface area (Å²) in [6, 6.07) is 3.60. The zero-order valence-corrected chi connectivity index (χ0v) is 8.98. The zero-order valence-electron chi connectivity index (χ0n) is 7.39. The molecule has 0 saturated heterocycles. The van der Waals surface area contributed by atoms with Gasteiger partial charge >= 0.3 is 5.97 Å². The van der Waals surface area contributed by atoms with Crippen molar-refractivity contribution in [3.63, 3.8) is 0 Å². The molecule has 1 aromatic carbocycles. The Labute approximate surface area is 93.1 Å². The molecule has 1 rings (SSSR count). The summed E-state index contributed by atoms with van der Waals surface area (Å²) in [7, 11) is 0. The smallest absolute Gasteiger partial charge is 0.335 e. The average Bonchev–Trinajstić information content (AvgIpc) is 2.19. The number of carbonyl (C=O) groups is 1. The van der Waals surface area contributed by atoms with Crippen molar-refractivity contribution in [2.24, 2.45) is 0 Å². The van der Waals surface area contributed by atoms with E-state index in [1.54, 1.807) is 0 Å². The first kappa shape index (κ1) is 12.1. The molecule has 4 nitrogen and oxygen atoms in total. The Morgan fingerprint density at radius 1 is 1.40 bits per heavy atom. The Morgan fingerprint density at radius 2 is 2.00 bits per heavy atom. The maximum atomic E-state index is 13.0. The van der Waals surface area contributed by atoms with E-state index >= 15 is 0 Å². The van der Waals surface area contributed by atoms with E-state index in [-0.39, 0.29) is 10.0 Å². The number of aliphatic carboxylic acids is 1. The van der Waals surface area contributed by atoms with Crippen molar-refractivity contribution in [1.29, 1.82) is 0 Å². The highest BCUT2D eigenvalue weighted by atomic mass is 79.9. The average molecular weight is 279 g/mol. The number of halogens is 2. The van der Waals surface area contributed by atoms with Crippen LogP contribution in [-0.2, 0) is 4.79 Å². The van der Waals surface area contributed by atoms with Crippen LogP contribution in [0.4, 0.5) is 4.39 Å². The van der Waals surface area contributed by atoms with Gasteiger partial charge in [0.05, 0.1) is 4.47 Å². The highest BCUT2D eigenvalue weighted by Gasteiger charge is 2.25. The van der Waals surface area contributed by atoms with Crippen molar-refractivity contribution in [1.82, 2.24) is 0 Å². The molecule has 1 aromatic rings. The van der Waals surface area contributed by atoms with Gasteiger partial charge in [0.15, 0.2) is 6.10 Å². The summed E-state index contributed by atoms with van der Waals surface area (Å²) in [5.74, 6) is -2.20. The summed E-state index contributed by atoms with van der Waals surface area (Å²) >= 11 is 2.91. The third kappa shape index (κ3) is 2.74. The number of rotatable bonds is 3. The molecular weight excluding hydrogens is 271 g/mol. The molecule has 0 aliphatic rings. The lowest BCUT2D eigenvalue weighted by Gasteiger charge is -2.14. The van der Waals surface area contributed by atoms with Gasteiger partial charge in [-0.15, -0.1) is 0 Å². The number of carboxylic acid groups (broad SMARTS) is 1. The Kier molecular flexibility index (Phi) is 3.78. The molecule has 3 N–H and O–H groups in total. The quantitative estimate of drug-likeness (QED) is 0.773. The SMILES string of the molecule is O=C(O)C(O)C(O)c1ccc(Br)c(F)c1. The van der Waals surface area contributed by atoms with Crippen LogP contribution in [0.1, 0.15) is 11.7 Å². The van der Waals surface area contributed by atoms with E-state index in [4.69, 9.17) is 10.2 Å². The van der Waals surface area contributed by atoms with Crippen molar-refractivity contribution in [3.8, 4) is 0 Å². The van der Waals surface area contributed by atoms with Gasteiger partial charge in [-0.2, -0.15) is 0 Å². The van der Waals surface area contributed by atoms with Crippen LogP contribution in [0, 0.1) is 5.82 Å². The molecule has 0 aliphatic heterocycles. The summed E-state index contributed by atoms with van der Waals surface area (Å²) in [4.78, 5) is 10.4. The number of aliphatic hydroxyl groups is 2. The van der Waals surface area contributed by atoms with E-state index in [1.165, 1.54) is 12.1 Å². The lowest BCUT2D eigenvalue weighted by Crippen LogP contribution is -2.27. The number of hydrogen-bond donors (Lipinski definition) is 3. The van der Waals surface area contributed by atoms with Crippen molar-refractivity contribution in [2.75, 3.05) is 0 Å². The fourth-order valence-electron chi connectivity index (χ4n) is 1.01. The molecule has 2 unspecified atom stereocenters. The summed E-state index contributed by atoms with van der Waals surface area (Å²) in [6.45, 7) is 0. The van der Waals surface area contributed by atoms with E-state index in [9.17, 15) is 14.3 Å². The molecule has 82 valence electrons. The van der Waals surface area contributed by atoms with Crippen molar-refractivity contribution in [2.45, 2.75) is 12.2 Å². The van der Waals surface area contributed by atoms with E-state index in [2.05, 4.69) is 15.9 Å². The molecule has 0 heterocycles. The first-order valence-corrected chi connectivity index (χ1v) is 4.76. The summed E-state index contributed by atoms with van der Waals surface area (Å²) in [5.41, 5.74) is 0.00519. The van der Waals surface area contributed by atoms with Crippen LogP contribution in [0.3, 0.4) is 0 Å². The molecule has 0 amide bonds. The maximum Gasteiger partial charge on any atom is 0.335 e. The maximum absolute atomic E-state index is 13.0. The number of hydrogen-bond acceptors (Lipinski definition) is 3. The van der Waals surface area contributed by atoms with Crippen molar-refractivity contribution in [3.05, 3.63) is 34.1 Å². The van der Waals surface area contributed by atoms with Gasteiger partial charge in [0, 0.05) is 0 Å². The fourth-order valence-corrected chi connectivity index (χ4v) is 1.26. The lowest BCUT2D eigenvalue weighted by atomic mass is 10.0. The third-order valence-electron chi connectivity index (χ3n) is 1.84. The van der Waals surface area contributed by atoms with Crippen LogP contribution < -0.4 is 0 Å². The number of carboxylic acids is 1. The van der Waals surface area contributed by atoms with Crippen molar-refractivity contribution >= 4 is 21.9 Å². The molecule has 0 aromatic heterocycles. The van der Waals surface area contributed by atoms with Gasteiger partial charge in [0.2, 0.25) is 0 Å². The standard InChI is InChI=1S/C9H8BrFO4/c10-5-2-1-4(3-6(5)11)7(12)8(13)9(14)15/h1-3,7-8,12-13H,(H,14,15). The monoisotopic (exact) mass is 278 g/mol. The second kappa shape index (κ2) is 4.69. The topological polar surface area (TPSA) is 77.8 Å². The van der Waals surface area contributed by atoms with Crippen LogP contribution in [0.25, 0.3) is 0 Å². The molecular formula is C9H8BrFO4. The predicted molar refractivity (Wildman–Crippen MR) is 52.7 cm³/mol. The predicted octanol–water partition coefficient (Wildman–Crippen LogP) is 1.07. The first-order chi connectivity index (χ1) is 6.93. The van der Waals surface area contributed by atoms with E-state index in [0.717, 1.165) is 6.07 Å². The Bertz CT molecular complexity index is 382. The number of aliphatic hydroxyl groups excluding tert-OH is 2. The molecule has 0 radical (unpaired) electrons. The Hall–Kier alpha value is -0.980. The van der Waals surface area contributed by atoms with Crippen molar-refractivity contribution < 1.29 is 24.5 Å². The van der Waals surface area contributed by atoms with Gasteiger partial charge < -0.3 is 15.3 Å². The molecule has 0 fully saturated rings. The molecule has 0 aliphatic carbocycles. The van der Waals surface area contributed by atoms with E-state index in [0.29, 0.717) is 0 Å². The molecule has 0 spiro atoms. The molecule has 15 heavy (non-hydrogen) atoms. The van der Waals surface area contributed by atoms with Crippen LogP contribution in [0.15, 0.2) is 22.7 Å². The molecule has 2 atom stereocenters. The zero-order chi connectivity index (χ0) is 11.6. The van der Waals surface area contributed by atoms with Gasteiger partial charge in [-0.1, -0.05) is 6.07 Å². The molecule has 0 saturated carbocycles. The lowest BCUT2D eigenvalue weighted by molar-refractivity contribution is -0.153. The van der Waals surface area contributed by atoms with Gasteiger partial charge in [-0.05, 0) is 33.6 Å². The van der Waals surface area contributed by atoms with Gasteiger partial charge in [-0.3, -0.25) is 0 Å². The Balaban J connectivity index is 2.96. The van der Waals surface area contributed by atoms with Crippen LogP contribution in [0.2, 0.25) is 0 Å².